The average Bonchev–Trinajstić information content (AvgIpc) is 3.45. The highest BCUT2D eigenvalue weighted by atomic mass is 32.1. The monoisotopic (exact) mass is 449 g/mol. The van der Waals surface area contributed by atoms with Crippen LogP contribution in [0.1, 0.15) is 12.5 Å². The quantitative estimate of drug-likeness (QED) is 0.469. The number of rotatable bonds is 6. The van der Waals surface area contributed by atoms with Crippen molar-refractivity contribution in [1.82, 2.24) is 14.8 Å². The van der Waals surface area contributed by atoms with Gasteiger partial charge in [-0.1, -0.05) is 24.3 Å². The molecule has 32 heavy (non-hydrogen) atoms. The van der Waals surface area contributed by atoms with Crippen molar-refractivity contribution in [3.63, 3.8) is 0 Å². The molecule has 0 saturated carbocycles. The Kier molecular flexibility index (Phi) is 5.87. The molecule has 0 radical (unpaired) electrons. The predicted octanol–water partition coefficient (Wildman–Crippen LogP) is 3.86. The minimum Gasteiger partial charge on any atom is -0.472 e. The van der Waals surface area contributed by atoms with E-state index in [1.165, 1.54) is 0 Å². The fraction of sp³-hybridized carbons (Fsp3) is 0.320. The number of aliphatic hydroxyl groups is 1. The summed E-state index contributed by atoms with van der Waals surface area (Å²) in [5, 5.41) is 16.7. The molecular weight excluding hydrogens is 422 g/mol. The molecule has 6 nitrogen and oxygen atoms in total. The minimum absolute atomic E-state index is 0.154. The van der Waals surface area contributed by atoms with Crippen LogP contribution in [0.5, 0.6) is 5.75 Å². The SMILES string of the molecule is CC(O)C(Oc1cccc2[nH]c3ccccc3c12)N1CCN(C(=O)Cc2ccsc2)CC1. The third-order valence-corrected chi connectivity index (χ3v) is 6.85. The Balaban J connectivity index is 1.32. The second-order valence-corrected chi connectivity index (χ2v) is 9.10. The Morgan fingerprint density at radius 2 is 1.88 bits per heavy atom. The van der Waals surface area contributed by atoms with Crippen molar-refractivity contribution in [3.8, 4) is 5.75 Å². The van der Waals surface area contributed by atoms with Crippen LogP contribution in [0.2, 0.25) is 0 Å². The van der Waals surface area contributed by atoms with E-state index in [4.69, 9.17) is 4.74 Å². The number of H-pyrrole nitrogens is 1. The normalized spacial score (nSPS) is 17.0. The first-order chi connectivity index (χ1) is 15.6. The number of ether oxygens (including phenoxy) is 1. The molecule has 0 bridgehead atoms. The molecule has 2 N–H and O–H groups in total. The van der Waals surface area contributed by atoms with E-state index in [1.807, 2.05) is 52.1 Å². The van der Waals surface area contributed by atoms with Gasteiger partial charge in [0.05, 0.1) is 11.9 Å². The molecule has 4 aromatic rings. The zero-order valence-electron chi connectivity index (χ0n) is 18.0. The van der Waals surface area contributed by atoms with Gasteiger partial charge >= 0.3 is 0 Å². The number of benzene rings is 2. The van der Waals surface area contributed by atoms with Gasteiger partial charge < -0.3 is 19.7 Å². The van der Waals surface area contributed by atoms with Crippen molar-refractivity contribution >= 4 is 39.0 Å². The van der Waals surface area contributed by atoms with Crippen LogP contribution in [0.25, 0.3) is 21.8 Å². The number of para-hydroxylation sites is 1. The molecule has 7 heteroatoms. The highest BCUT2D eigenvalue weighted by Crippen LogP contribution is 2.34. The van der Waals surface area contributed by atoms with Crippen LogP contribution in [-0.2, 0) is 11.2 Å². The molecule has 2 unspecified atom stereocenters. The highest BCUT2D eigenvalue weighted by molar-refractivity contribution is 7.08. The topological polar surface area (TPSA) is 68.8 Å². The lowest BCUT2D eigenvalue weighted by molar-refractivity contribution is -0.135. The van der Waals surface area contributed by atoms with Gasteiger partial charge in [-0.05, 0) is 47.5 Å². The summed E-state index contributed by atoms with van der Waals surface area (Å²) in [5.41, 5.74) is 3.14. The Bertz CT molecular complexity index is 1210. The van der Waals surface area contributed by atoms with Crippen molar-refractivity contribution in [1.29, 1.82) is 0 Å². The molecule has 2 aromatic heterocycles. The molecule has 1 amide bonds. The van der Waals surface area contributed by atoms with Crippen LogP contribution in [-0.4, -0.2) is 64.3 Å². The lowest BCUT2D eigenvalue weighted by Crippen LogP contribution is -2.56. The smallest absolute Gasteiger partial charge is 0.227 e. The molecule has 2 atom stereocenters. The maximum Gasteiger partial charge on any atom is 0.227 e. The maximum absolute atomic E-state index is 12.6. The zero-order valence-corrected chi connectivity index (χ0v) is 18.8. The molecule has 0 aliphatic carbocycles. The number of aliphatic hydroxyl groups excluding tert-OH is 1. The fourth-order valence-corrected chi connectivity index (χ4v) is 5.15. The third kappa shape index (κ3) is 4.11. The summed E-state index contributed by atoms with van der Waals surface area (Å²) in [6.07, 6.45) is -0.713. The van der Waals surface area contributed by atoms with Crippen LogP contribution in [0, 0.1) is 0 Å². The summed E-state index contributed by atoms with van der Waals surface area (Å²) in [6.45, 7) is 4.34. The van der Waals surface area contributed by atoms with Gasteiger partial charge in [0.2, 0.25) is 5.91 Å². The molecule has 0 spiro atoms. The Labute approximate surface area is 191 Å². The van der Waals surface area contributed by atoms with E-state index in [1.54, 1.807) is 18.3 Å². The van der Waals surface area contributed by atoms with Crippen LogP contribution in [0.15, 0.2) is 59.3 Å². The molecule has 166 valence electrons. The molecule has 1 fully saturated rings. The van der Waals surface area contributed by atoms with Gasteiger partial charge in [0.1, 0.15) is 11.9 Å². The summed E-state index contributed by atoms with van der Waals surface area (Å²) >= 11 is 1.61. The molecule has 1 aliphatic rings. The Morgan fingerprint density at radius 3 is 2.62 bits per heavy atom. The van der Waals surface area contributed by atoms with Crippen molar-refractivity contribution in [2.75, 3.05) is 26.2 Å². The van der Waals surface area contributed by atoms with E-state index in [0.29, 0.717) is 32.6 Å². The van der Waals surface area contributed by atoms with E-state index in [2.05, 4.69) is 22.0 Å². The number of hydrogen-bond donors (Lipinski definition) is 2. The Hall–Kier alpha value is -2.87. The first-order valence-electron chi connectivity index (χ1n) is 11.0. The number of thiophene rings is 1. The van der Waals surface area contributed by atoms with Gasteiger partial charge in [-0.2, -0.15) is 11.3 Å². The number of hydrogen-bond acceptors (Lipinski definition) is 5. The molecule has 1 aliphatic heterocycles. The largest absolute Gasteiger partial charge is 0.472 e. The minimum atomic E-state index is -0.677. The van der Waals surface area contributed by atoms with Gasteiger partial charge in [-0.15, -0.1) is 0 Å². The first-order valence-corrected chi connectivity index (χ1v) is 11.9. The number of amides is 1. The van der Waals surface area contributed by atoms with Gasteiger partial charge in [-0.3, -0.25) is 9.69 Å². The molecule has 2 aromatic carbocycles. The van der Waals surface area contributed by atoms with Crippen molar-refractivity contribution < 1.29 is 14.6 Å². The van der Waals surface area contributed by atoms with Crippen LogP contribution >= 0.6 is 11.3 Å². The first kappa shape index (κ1) is 21.0. The number of piperazine rings is 1. The highest BCUT2D eigenvalue weighted by Gasteiger charge is 2.30. The van der Waals surface area contributed by atoms with E-state index in [9.17, 15) is 9.90 Å². The number of carbonyl (C=O) groups is 1. The third-order valence-electron chi connectivity index (χ3n) is 6.11. The Morgan fingerprint density at radius 1 is 1.09 bits per heavy atom. The number of carbonyl (C=O) groups excluding carboxylic acids is 1. The number of nitrogens with zero attached hydrogens (tertiary/aromatic N) is 2. The summed E-state index contributed by atoms with van der Waals surface area (Å²) in [7, 11) is 0. The maximum atomic E-state index is 12.6. The molecule has 3 heterocycles. The second-order valence-electron chi connectivity index (χ2n) is 8.32. The van der Waals surface area contributed by atoms with E-state index in [-0.39, 0.29) is 5.91 Å². The lowest BCUT2D eigenvalue weighted by atomic mass is 10.1. The van der Waals surface area contributed by atoms with Crippen LogP contribution in [0.3, 0.4) is 0 Å². The number of fused-ring (bicyclic) bond motifs is 3. The van der Waals surface area contributed by atoms with Gasteiger partial charge in [-0.25, -0.2) is 0 Å². The van der Waals surface area contributed by atoms with E-state index < -0.39 is 12.3 Å². The number of aromatic nitrogens is 1. The van der Waals surface area contributed by atoms with E-state index in [0.717, 1.165) is 33.1 Å². The zero-order chi connectivity index (χ0) is 22.1. The van der Waals surface area contributed by atoms with Crippen LogP contribution < -0.4 is 4.74 Å². The average molecular weight is 450 g/mol. The van der Waals surface area contributed by atoms with Crippen molar-refractivity contribution in [3.05, 3.63) is 64.9 Å². The van der Waals surface area contributed by atoms with Crippen molar-refractivity contribution in [2.24, 2.45) is 0 Å². The summed E-state index contributed by atoms with van der Waals surface area (Å²) in [4.78, 5) is 20.1. The molecule has 5 rings (SSSR count). The molecule has 1 saturated heterocycles. The molecular formula is C25H27N3O3S. The van der Waals surface area contributed by atoms with Gasteiger partial charge in [0, 0.05) is 42.5 Å². The number of nitrogens with one attached hydrogen (secondary N) is 1. The van der Waals surface area contributed by atoms with Gasteiger partial charge in [0.15, 0.2) is 6.23 Å². The van der Waals surface area contributed by atoms with Crippen molar-refractivity contribution in [2.45, 2.75) is 25.7 Å². The summed E-state index contributed by atoms with van der Waals surface area (Å²) in [5.74, 6) is 0.905. The summed E-state index contributed by atoms with van der Waals surface area (Å²) < 4.78 is 6.43. The fourth-order valence-electron chi connectivity index (χ4n) is 4.48. The number of aromatic amines is 1. The standard InChI is InChI=1S/C25H27N3O3S/c1-17(29)25(28-12-10-27(11-13-28)23(30)15-18-9-14-32-16-18)31-22-8-4-7-21-24(22)19-5-2-3-6-20(19)26-21/h2-9,14,16-17,25-26,29H,10-13,15H2,1H3. The van der Waals surface area contributed by atoms with E-state index >= 15 is 0 Å². The van der Waals surface area contributed by atoms with Crippen LogP contribution in [0.4, 0.5) is 0 Å². The van der Waals surface area contributed by atoms with Gasteiger partial charge in [0.25, 0.3) is 0 Å². The lowest BCUT2D eigenvalue weighted by Gasteiger charge is -2.40. The second kappa shape index (κ2) is 8.94. The predicted molar refractivity (Wildman–Crippen MR) is 128 cm³/mol. The summed E-state index contributed by atoms with van der Waals surface area (Å²) in [6, 6.07) is 16.1.